The first-order chi connectivity index (χ1) is 13.1. The maximum Gasteiger partial charge on any atom is 0.443 e. The molecule has 0 aliphatic heterocycles. The number of hydrogen-bond donors (Lipinski definition) is 3. The maximum absolute atomic E-state index is 12.6. The molecule has 0 fully saturated rings. The summed E-state index contributed by atoms with van der Waals surface area (Å²) in [6.07, 6.45) is -5.10. The highest BCUT2D eigenvalue weighted by Gasteiger charge is 2.35. The fourth-order valence-corrected chi connectivity index (χ4v) is 3.47. The molecule has 3 N–H and O–H groups in total. The Hall–Kier alpha value is -2.43. The number of nitrogens with one attached hydrogen (secondary N) is 1. The third kappa shape index (κ3) is 4.70. The number of aliphatic hydroxyl groups is 1. The predicted molar refractivity (Wildman–Crippen MR) is 96.4 cm³/mol. The average Bonchev–Trinajstić information content (AvgIpc) is 3.26. The van der Waals surface area contributed by atoms with Gasteiger partial charge in [0.15, 0.2) is 5.01 Å². The van der Waals surface area contributed by atoms with Crippen LogP contribution in [0, 0.1) is 0 Å². The highest BCUT2D eigenvalue weighted by Crippen LogP contribution is 2.32. The Morgan fingerprint density at radius 1 is 1.36 bits per heavy atom. The SMILES string of the molecule is CC(Cc1ccc2oc(C(=O)O)cc2c1)NC[C@@H](O)c1csc(C(F)(F)F)n1. The van der Waals surface area contributed by atoms with Crippen LogP contribution >= 0.6 is 11.3 Å². The number of thiazole rings is 1. The molecule has 28 heavy (non-hydrogen) atoms. The monoisotopic (exact) mass is 414 g/mol. The highest BCUT2D eigenvalue weighted by molar-refractivity contribution is 7.09. The van der Waals surface area contributed by atoms with Crippen molar-refractivity contribution in [2.24, 2.45) is 0 Å². The number of carbonyl (C=O) groups is 1. The standard InChI is InChI=1S/C18H17F3N2O4S/c1-9(22-7-13(24)12-8-28-17(23-12)18(19,20)21)4-10-2-3-14-11(5-10)6-15(27-14)16(25)26/h2-3,5-6,8-9,13,22,24H,4,7H2,1H3,(H,25,26)/t9?,13-/m1/s1. The molecule has 1 aromatic carbocycles. The summed E-state index contributed by atoms with van der Waals surface area (Å²) >= 11 is 0.452. The summed E-state index contributed by atoms with van der Waals surface area (Å²) in [7, 11) is 0. The maximum atomic E-state index is 12.6. The number of fused-ring (bicyclic) bond motifs is 1. The molecular weight excluding hydrogens is 397 g/mol. The number of halogens is 3. The van der Waals surface area contributed by atoms with Crippen molar-refractivity contribution in [2.75, 3.05) is 6.54 Å². The second kappa shape index (κ2) is 7.90. The lowest BCUT2D eigenvalue weighted by Gasteiger charge is -2.16. The number of rotatable bonds is 7. The van der Waals surface area contributed by atoms with E-state index in [-0.39, 0.29) is 24.0 Å². The summed E-state index contributed by atoms with van der Waals surface area (Å²) in [5.41, 5.74) is 1.38. The van der Waals surface area contributed by atoms with Crippen molar-refractivity contribution in [3.05, 3.63) is 51.7 Å². The molecule has 0 aliphatic rings. The Labute approximate surface area is 161 Å². The zero-order chi connectivity index (χ0) is 20.5. The minimum absolute atomic E-state index is 0.0157. The zero-order valence-corrected chi connectivity index (χ0v) is 15.5. The van der Waals surface area contributed by atoms with Crippen molar-refractivity contribution in [3.8, 4) is 0 Å². The van der Waals surface area contributed by atoms with Gasteiger partial charge in [0.25, 0.3) is 0 Å². The molecule has 150 valence electrons. The summed E-state index contributed by atoms with van der Waals surface area (Å²) in [5.74, 6) is -1.28. The number of aromatic carboxylic acids is 1. The van der Waals surface area contributed by atoms with Crippen LogP contribution in [0.25, 0.3) is 11.0 Å². The van der Waals surface area contributed by atoms with Crippen molar-refractivity contribution in [1.82, 2.24) is 10.3 Å². The molecule has 10 heteroatoms. The van der Waals surface area contributed by atoms with Crippen LogP contribution in [0.2, 0.25) is 0 Å². The van der Waals surface area contributed by atoms with E-state index < -0.39 is 23.3 Å². The van der Waals surface area contributed by atoms with Gasteiger partial charge in [-0.3, -0.25) is 0 Å². The third-order valence-electron chi connectivity index (χ3n) is 4.10. The first-order valence-electron chi connectivity index (χ1n) is 8.33. The smallest absolute Gasteiger partial charge is 0.443 e. The van der Waals surface area contributed by atoms with Crippen LogP contribution < -0.4 is 5.32 Å². The molecule has 3 rings (SSSR count). The molecule has 0 spiro atoms. The van der Waals surface area contributed by atoms with Crippen molar-refractivity contribution < 1.29 is 32.6 Å². The van der Waals surface area contributed by atoms with Crippen LogP contribution in [0.1, 0.15) is 39.8 Å². The molecule has 1 unspecified atom stereocenters. The number of alkyl halides is 3. The predicted octanol–water partition coefficient (Wildman–Crippen LogP) is 3.86. The van der Waals surface area contributed by atoms with E-state index in [1.807, 2.05) is 19.1 Å². The number of aromatic nitrogens is 1. The van der Waals surface area contributed by atoms with Crippen LogP contribution in [-0.4, -0.2) is 33.8 Å². The van der Waals surface area contributed by atoms with Gasteiger partial charge < -0.3 is 19.9 Å². The van der Waals surface area contributed by atoms with Crippen molar-refractivity contribution in [3.63, 3.8) is 0 Å². The van der Waals surface area contributed by atoms with Crippen molar-refractivity contribution in [2.45, 2.75) is 31.7 Å². The normalized spacial score (nSPS) is 14.3. The molecule has 2 atom stereocenters. The fraction of sp³-hybridized carbons (Fsp3) is 0.333. The van der Waals surface area contributed by atoms with E-state index in [2.05, 4.69) is 10.3 Å². The van der Waals surface area contributed by atoms with E-state index in [0.717, 1.165) is 5.56 Å². The Morgan fingerprint density at radius 3 is 2.75 bits per heavy atom. The van der Waals surface area contributed by atoms with Gasteiger partial charge in [0.2, 0.25) is 5.76 Å². The van der Waals surface area contributed by atoms with Gasteiger partial charge in [0.05, 0.1) is 5.69 Å². The molecule has 2 aromatic heterocycles. The minimum Gasteiger partial charge on any atom is -0.475 e. The summed E-state index contributed by atoms with van der Waals surface area (Å²) in [6, 6.07) is 6.67. The van der Waals surface area contributed by atoms with Gasteiger partial charge >= 0.3 is 12.1 Å². The Morgan fingerprint density at radius 2 is 2.11 bits per heavy atom. The minimum atomic E-state index is -4.52. The molecule has 0 aliphatic carbocycles. The molecular formula is C18H17F3N2O4S. The second-order valence-corrected chi connectivity index (χ2v) is 7.25. The summed E-state index contributed by atoms with van der Waals surface area (Å²) < 4.78 is 43.0. The van der Waals surface area contributed by atoms with Gasteiger partial charge in [-0.05, 0) is 37.1 Å². The molecule has 0 bridgehead atoms. The quantitative estimate of drug-likeness (QED) is 0.543. The first-order valence-corrected chi connectivity index (χ1v) is 9.21. The molecule has 6 nitrogen and oxygen atoms in total. The van der Waals surface area contributed by atoms with Crippen LogP contribution in [0.3, 0.4) is 0 Å². The molecule has 0 amide bonds. The summed E-state index contributed by atoms with van der Waals surface area (Å²) in [6.45, 7) is 1.93. The number of carboxylic acids is 1. The van der Waals surface area contributed by atoms with Gasteiger partial charge in [-0.15, -0.1) is 11.3 Å². The van der Waals surface area contributed by atoms with Crippen LogP contribution in [0.5, 0.6) is 0 Å². The lowest BCUT2D eigenvalue weighted by atomic mass is 10.1. The van der Waals surface area contributed by atoms with Gasteiger partial charge in [-0.1, -0.05) is 6.07 Å². The molecule has 3 aromatic rings. The topological polar surface area (TPSA) is 95.6 Å². The zero-order valence-electron chi connectivity index (χ0n) is 14.7. The van der Waals surface area contributed by atoms with E-state index >= 15 is 0 Å². The number of aliphatic hydroxyl groups excluding tert-OH is 1. The van der Waals surface area contributed by atoms with E-state index in [4.69, 9.17) is 9.52 Å². The van der Waals surface area contributed by atoms with E-state index in [0.29, 0.717) is 28.7 Å². The van der Waals surface area contributed by atoms with Crippen LogP contribution in [0.15, 0.2) is 34.1 Å². The Balaban J connectivity index is 1.57. The lowest BCUT2D eigenvalue weighted by Crippen LogP contribution is -2.32. The summed E-state index contributed by atoms with van der Waals surface area (Å²) in [4.78, 5) is 14.4. The van der Waals surface area contributed by atoms with Crippen molar-refractivity contribution in [1.29, 1.82) is 0 Å². The molecule has 0 saturated carbocycles. The van der Waals surface area contributed by atoms with E-state index in [1.54, 1.807) is 6.07 Å². The van der Waals surface area contributed by atoms with Crippen molar-refractivity contribution >= 4 is 28.3 Å². The highest BCUT2D eigenvalue weighted by atomic mass is 32.1. The molecule has 0 saturated heterocycles. The van der Waals surface area contributed by atoms with Gasteiger partial charge in [0.1, 0.15) is 11.7 Å². The van der Waals surface area contributed by atoms with Gasteiger partial charge in [0, 0.05) is 23.4 Å². The van der Waals surface area contributed by atoms with E-state index in [1.165, 1.54) is 11.4 Å². The number of hydrogen-bond acceptors (Lipinski definition) is 6. The Kier molecular flexibility index (Phi) is 5.73. The number of benzene rings is 1. The van der Waals surface area contributed by atoms with Crippen LogP contribution in [-0.2, 0) is 12.6 Å². The second-order valence-electron chi connectivity index (χ2n) is 6.39. The largest absolute Gasteiger partial charge is 0.475 e. The number of carboxylic acid groups (broad SMARTS) is 1. The van der Waals surface area contributed by atoms with Crippen LogP contribution in [0.4, 0.5) is 13.2 Å². The third-order valence-corrected chi connectivity index (χ3v) is 5.00. The Bertz CT molecular complexity index is 983. The average molecular weight is 414 g/mol. The number of furan rings is 1. The summed E-state index contributed by atoms with van der Waals surface area (Å²) in [5, 5.41) is 23.0. The first kappa shape index (κ1) is 20.3. The van der Waals surface area contributed by atoms with E-state index in [9.17, 15) is 23.1 Å². The fourth-order valence-electron chi connectivity index (χ4n) is 2.74. The number of nitrogens with zero attached hydrogens (tertiary/aromatic N) is 1. The molecule has 0 radical (unpaired) electrons. The van der Waals surface area contributed by atoms with Gasteiger partial charge in [-0.2, -0.15) is 13.2 Å². The molecule has 2 heterocycles. The lowest BCUT2D eigenvalue weighted by molar-refractivity contribution is -0.137. The van der Waals surface area contributed by atoms with Gasteiger partial charge in [-0.25, -0.2) is 9.78 Å².